The van der Waals surface area contributed by atoms with Crippen LogP contribution in [0, 0.1) is 0 Å². The summed E-state index contributed by atoms with van der Waals surface area (Å²) in [6.07, 6.45) is 1.35. The summed E-state index contributed by atoms with van der Waals surface area (Å²) in [5, 5.41) is 13.0. The lowest BCUT2D eigenvalue weighted by molar-refractivity contribution is -0.113. The number of nitrogens with zero attached hydrogens (tertiary/aromatic N) is 3. The van der Waals surface area contributed by atoms with Crippen LogP contribution in [0.5, 0.6) is 5.75 Å². The lowest BCUT2D eigenvalue weighted by Crippen LogP contribution is -2.15. The summed E-state index contributed by atoms with van der Waals surface area (Å²) in [5.41, 5.74) is 0.681. The van der Waals surface area contributed by atoms with Crippen LogP contribution < -0.4 is 10.1 Å². The van der Waals surface area contributed by atoms with E-state index in [0.29, 0.717) is 39.0 Å². The molecule has 1 atom stereocenters. The number of allylic oxidation sites excluding steroid dienone is 1. The molecule has 0 aliphatic heterocycles. The Morgan fingerprint density at radius 3 is 2.67 bits per heavy atom. The lowest BCUT2D eigenvalue weighted by atomic mass is 10.3. The highest BCUT2D eigenvalue weighted by atomic mass is 35.5. The maximum absolute atomic E-state index is 12.3. The van der Waals surface area contributed by atoms with Crippen molar-refractivity contribution in [1.29, 1.82) is 0 Å². The summed E-state index contributed by atoms with van der Waals surface area (Å²) in [6.45, 7) is 6.15. The molecule has 0 bridgehead atoms. The number of para-hydroxylation sites is 1. The molecule has 0 saturated carbocycles. The van der Waals surface area contributed by atoms with Crippen molar-refractivity contribution >= 4 is 46.6 Å². The molecule has 3 aromatic rings. The average Bonchev–Trinajstić information content (AvgIpc) is 3.13. The topological polar surface area (TPSA) is 69.0 Å². The van der Waals surface area contributed by atoms with Gasteiger partial charge in [-0.05, 0) is 43.3 Å². The highest BCUT2D eigenvalue weighted by Gasteiger charge is 2.20. The van der Waals surface area contributed by atoms with E-state index in [-0.39, 0.29) is 11.7 Å². The third-order valence-corrected chi connectivity index (χ3v) is 5.55. The molecule has 1 amide bonds. The molecule has 1 aromatic heterocycles. The van der Waals surface area contributed by atoms with Crippen LogP contribution in [0.3, 0.4) is 0 Å². The molecule has 0 saturated heterocycles. The number of carbonyl (C=O) groups excluding carboxylic acids is 1. The Morgan fingerprint density at radius 1 is 1.23 bits per heavy atom. The lowest BCUT2D eigenvalue weighted by Gasteiger charge is -2.16. The minimum atomic E-state index is -0.394. The second-order valence-electron chi connectivity index (χ2n) is 6.27. The number of halogens is 2. The van der Waals surface area contributed by atoms with Gasteiger partial charge in [0, 0.05) is 17.3 Å². The van der Waals surface area contributed by atoms with Crippen molar-refractivity contribution in [3.05, 3.63) is 77.1 Å². The number of hydrogen-bond donors (Lipinski definition) is 1. The van der Waals surface area contributed by atoms with Crippen LogP contribution in [0.15, 0.2) is 66.3 Å². The van der Waals surface area contributed by atoms with Crippen LogP contribution in [0.4, 0.5) is 5.69 Å². The van der Waals surface area contributed by atoms with Crippen LogP contribution in [0.1, 0.15) is 18.9 Å². The number of nitrogens with one attached hydrogen (secondary N) is 1. The van der Waals surface area contributed by atoms with Gasteiger partial charge in [0.25, 0.3) is 0 Å². The Hall–Kier alpha value is -2.48. The molecule has 6 nitrogen and oxygen atoms in total. The zero-order valence-corrected chi connectivity index (χ0v) is 18.5. The molecule has 0 spiro atoms. The van der Waals surface area contributed by atoms with Gasteiger partial charge in [0.2, 0.25) is 5.91 Å². The number of benzene rings is 2. The fraction of sp³-hybridized carbons (Fsp3) is 0.190. The number of carbonyl (C=O) groups is 1. The third-order valence-electron chi connectivity index (χ3n) is 4.02. The molecule has 0 radical (unpaired) electrons. The first-order chi connectivity index (χ1) is 14.5. The standard InChI is InChI=1S/C21H20Cl2N4O2S/c1-3-12-27-20(14(2)29-18-7-5-4-6-17(18)23)25-26-21(27)30-13-19(28)24-16-10-8-15(22)9-11-16/h3-11,14H,1,12-13H2,2H3,(H,24,28). The molecule has 2 aromatic carbocycles. The fourth-order valence-electron chi connectivity index (χ4n) is 2.65. The van der Waals surface area contributed by atoms with Crippen LogP contribution >= 0.6 is 35.0 Å². The predicted molar refractivity (Wildman–Crippen MR) is 122 cm³/mol. The monoisotopic (exact) mass is 462 g/mol. The first-order valence-corrected chi connectivity index (χ1v) is 10.9. The van der Waals surface area contributed by atoms with Crippen molar-refractivity contribution in [3.63, 3.8) is 0 Å². The molecular formula is C21H20Cl2N4O2S. The van der Waals surface area contributed by atoms with E-state index < -0.39 is 6.10 Å². The third kappa shape index (κ3) is 5.78. The van der Waals surface area contributed by atoms with Gasteiger partial charge in [-0.3, -0.25) is 9.36 Å². The van der Waals surface area contributed by atoms with Gasteiger partial charge >= 0.3 is 0 Å². The fourth-order valence-corrected chi connectivity index (χ4v) is 3.71. The molecule has 1 N–H and O–H groups in total. The van der Waals surface area contributed by atoms with Crippen LogP contribution in [0.25, 0.3) is 0 Å². The molecule has 3 rings (SSSR count). The zero-order chi connectivity index (χ0) is 21.5. The maximum atomic E-state index is 12.3. The predicted octanol–water partition coefficient (Wildman–Crippen LogP) is 5.64. The van der Waals surface area contributed by atoms with E-state index in [2.05, 4.69) is 22.1 Å². The highest BCUT2D eigenvalue weighted by molar-refractivity contribution is 7.99. The molecule has 156 valence electrons. The molecule has 0 fully saturated rings. The van der Waals surface area contributed by atoms with Crippen molar-refractivity contribution in [1.82, 2.24) is 14.8 Å². The molecule has 1 unspecified atom stereocenters. The largest absolute Gasteiger partial charge is 0.481 e. The normalized spacial score (nSPS) is 11.7. The van der Waals surface area contributed by atoms with Crippen LogP contribution in [-0.2, 0) is 11.3 Å². The SMILES string of the molecule is C=CCn1c(SCC(=O)Nc2ccc(Cl)cc2)nnc1C(C)Oc1ccccc1Cl. The Bertz CT molecular complexity index is 1020. The maximum Gasteiger partial charge on any atom is 0.234 e. The number of anilines is 1. The van der Waals surface area contributed by atoms with E-state index in [1.54, 1.807) is 42.5 Å². The highest BCUT2D eigenvalue weighted by Crippen LogP contribution is 2.29. The molecular weight excluding hydrogens is 443 g/mol. The second-order valence-corrected chi connectivity index (χ2v) is 8.06. The number of aromatic nitrogens is 3. The van der Waals surface area contributed by atoms with Crippen molar-refractivity contribution < 1.29 is 9.53 Å². The van der Waals surface area contributed by atoms with Gasteiger partial charge < -0.3 is 10.1 Å². The van der Waals surface area contributed by atoms with E-state index in [0.717, 1.165) is 0 Å². The Morgan fingerprint density at radius 2 is 1.97 bits per heavy atom. The Balaban J connectivity index is 1.67. The van der Waals surface area contributed by atoms with Gasteiger partial charge in [0.15, 0.2) is 17.1 Å². The van der Waals surface area contributed by atoms with Crippen molar-refractivity contribution in [3.8, 4) is 5.75 Å². The van der Waals surface area contributed by atoms with Gasteiger partial charge in [-0.15, -0.1) is 16.8 Å². The summed E-state index contributed by atoms with van der Waals surface area (Å²) in [7, 11) is 0. The molecule has 30 heavy (non-hydrogen) atoms. The Labute approximate surface area is 189 Å². The van der Waals surface area contributed by atoms with E-state index in [1.807, 2.05) is 23.6 Å². The summed E-state index contributed by atoms with van der Waals surface area (Å²) in [4.78, 5) is 12.3. The zero-order valence-electron chi connectivity index (χ0n) is 16.2. The number of rotatable bonds is 9. The van der Waals surface area contributed by atoms with Crippen LogP contribution in [0.2, 0.25) is 10.0 Å². The summed E-state index contributed by atoms with van der Waals surface area (Å²) in [5.74, 6) is 1.21. The minimum Gasteiger partial charge on any atom is -0.481 e. The smallest absolute Gasteiger partial charge is 0.234 e. The number of amides is 1. The van der Waals surface area contributed by atoms with Crippen molar-refractivity contribution in [2.24, 2.45) is 0 Å². The number of thioether (sulfide) groups is 1. The number of ether oxygens (including phenoxy) is 1. The first kappa shape index (κ1) is 22.2. The molecule has 0 aliphatic rings. The average molecular weight is 463 g/mol. The molecule has 0 aliphatic carbocycles. The van der Waals surface area contributed by atoms with Crippen molar-refractivity contribution in [2.75, 3.05) is 11.1 Å². The van der Waals surface area contributed by atoms with Gasteiger partial charge in [-0.1, -0.05) is 53.2 Å². The Kier molecular flexibility index (Phi) is 7.79. The second kappa shape index (κ2) is 10.5. The van der Waals surface area contributed by atoms with E-state index in [9.17, 15) is 4.79 Å². The van der Waals surface area contributed by atoms with Gasteiger partial charge in [0.05, 0.1) is 10.8 Å². The first-order valence-electron chi connectivity index (χ1n) is 9.11. The molecule has 1 heterocycles. The van der Waals surface area contributed by atoms with Crippen molar-refractivity contribution in [2.45, 2.75) is 24.7 Å². The molecule has 9 heteroatoms. The number of hydrogen-bond acceptors (Lipinski definition) is 5. The van der Waals surface area contributed by atoms with E-state index >= 15 is 0 Å². The van der Waals surface area contributed by atoms with Gasteiger partial charge in [0.1, 0.15) is 5.75 Å². The van der Waals surface area contributed by atoms with E-state index in [1.165, 1.54) is 11.8 Å². The van der Waals surface area contributed by atoms with Crippen LogP contribution in [-0.4, -0.2) is 26.4 Å². The quantitative estimate of drug-likeness (QED) is 0.329. The summed E-state index contributed by atoms with van der Waals surface area (Å²) in [6, 6.07) is 14.2. The summed E-state index contributed by atoms with van der Waals surface area (Å²) < 4.78 is 7.83. The minimum absolute atomic E-state index is 0.155. The van der Waals surface area contributed by atoms with Gasteiger partial charge in [-0.25, -0.2) is 0 Å². The van der Waals surface area contributed by atoms with Gasteiger partial charge in [-0.2, -0.15) is 0 Å². The van der Waals surface area contributed by atoms with E-state index in [4.69, 9.17) is 27.9 Å². The summed E-state index contributed by atoms with van der Waals surface area (Å²) >= 11 is 13.3.